The highest BCUT2D eigenvalue weighted by Crippen LogP contribution is 2.17. The lowest BCUT2D eigenvalue weighted by molar-refractivity contribution is 0.0949. The molecule has 0 radical (unpaired) electrons. The van der Waals surface area contributed by atoms with E-state index in [0.717, 1.165) is 22.4 Å². The van der Waals surface area contributed by atoms with E-state index in [2.05, 4.69) is 10.3 Å². The number of nitrogens with one attached hydrogen (secondary N) is 2. The molecule has 26 heavy (non-hydrogen) atoms. The van der Waals surface area contributed by atoms with Crippen molar-refractivity contribution in [2.45, 2.75) is 13.5 Å². The fourth-order valence-electron chi connectivity index (χ4n) is 2.65. The molecule has 0 atom stereocenters. The van der Waals surface area contributed by atoms with Crippen molar-refractivity contribution < 1.29 is 9.53 Å². The second-order valence-corrected chi connectivity index (χ2v) is 6.02. The molecule has 3 rings (SSSR count). The quantitative estimate of drug-likeness (QED) is 0.743. The van der Waals surface area contributed by atoms with Crippen molar-refractivity contribution in [3.8, 4) is 17.0 Å². The number of ether oxygens (including phenoxy) is 1. The summed E-state index contributed by atoms with van der Waals surface area (Å²) in [6, 6.07) is 18.5. The monoisotopic (exact) mass is 348 g/mol. The van der Waals surface area contributed by atoms with Crippen LogP contribution in [0.1, 0.15) is 21.5 Å². The van der Waals surface area contributed by atoms with E-state index in [1.54, 1.807) is 19.2 Å². The minimum absolute atomic E-state index is 0.0925. The van der Waals surface area contributed by atoms with E-state index in [0.29, 0.717) is 12.2 Å². The van der Waals surface area contributed by atoms with Gasteiger partial charge in [0.15, 0.2) is 0 Å². The minimum atomic E-state index is -0.406. The zero-order valence-corrected chi connectivity index (χ0v) is 14.7. The number of hydrogen-bond donors (Lipinski definition) is 2. The van der Waals surface area contributed by atoms with Crippen LogP contribution in [-0.2, 0) is 6.54 Å². The van der Waals surface area contributed by atoms with Gasteiger partial charge < -0.3 is 15.0 Å². The lowest BCUT2D eigenvalue weighted by atomic mass is 10.1. The first-order valence-corrected chi connectivity index (χ1v) is 8.28. The van der Waals surface area contributed by atoms with Gasteiger partial charge in [-0.05, 0) is 48.4 Å². The Bertz CT molecular complexity index is 975. The average molecular weight is 348 g/mol. The van der Waals surface area contributed by atoms with E-state index in [4.69, 9.17) is 4.74 Å². The van der Waals surface area contributed by atoms with Crippen LogP contribution in [0, 0.1) is 6.92 Å². The highest BCUT2D eigenvalue weighted by Gasteiger charge is 2.11. The van der Waals surface area contributed by atoms with Crippen LogP contribution in [0.25, 0.3) is 11.3 Å². The first-order valence-electron chi connectivity index (χ1n) is 8.28. The van der Waals surface area contributed by atoms with Crippen molar-refractivity contribution in [2.75, 3.05) is 7.11 Å². The zero-order valence-electron chi connectivity index (χ0n) is 14.7. The number of rotatable bonds is 5. The van der Waals surface area contributed by atoms with E-state index in [-0.39, 0.29) is 5.56 Å². The number of carbonyl (C=O) groups is 1. The van der Waals surface area contributed by atoms with Crippen LogP contribution in [0.4, 0.5) is 0 Å². The van der Waals surface area contributed by atoms with Crippen molar-refractivity contribution in [3.05, 3.63) is 87.7 Å². The number of H-pyrrole nitrogens is 1. The van der Waals surface area contributed by atoms with Crippen molar-refractivity contribution in [3.63, 3.8) is 0 Å². The van der Waals surface area contributed by atoms with Gasteiger partial charge in [0, 0.05) is 12.2 Å². The summed E-state index contributed by atoms with van der Waals surface area (Å²) in [4.78, 5) is 27.4. The number of aryl methyl sites for hydroxylation is 1. The third kappa shape index (κ3) is 4.00. The Kier molecular flexibility index (Phi) is 5.17. The maximum Gasteiger partial charge on any atom is 0.261 e. The van der Waals surface area contributed by atoms with Crippen molar-refractivity contribution in [2.24, 2.45) is 0 Å². The van der Waals surface area contributed by atoms with E-state index < -0.39 is 11.5 Å². The number of hydrogen-bond acceptors (Lipinski definition) is 3. The summed E-state index contributed by atoms with van der Waals surface area (Å²) in [7, 11) is 1.60. The second kappa shape index (κ2) is 7.70. The zero-order chi connectivity index (χ0) is 18.5. The molecule has 0 fully saturated rings. The third-order valence-corrected chi connectivity index (χ3v) is 4.10. The number of aromatic amines is 1. The summed E-state index contributed by atoms with van der Waals surface area (Å²) < 4.78 is 5.10. The first-order chi connectivity index (χ1) is 12.6. The molecule has 1 aromatic heterocycles. The molecule has 3 aromatic rings. The van der Waals surface area contributed by atoms with Crippen LogP contribution in [0.3, 0.4) is 0 Å². The predicted octanol–water partition coefficient (Wildman–Crippen LogP) is 3.29. The van der Waals surface area contributed by atoms with Gasteiger partial charge in [0.05, 0.1) is 7.11 Å². The fourth-order valence-corrected chi connectivity index (χ4v) is 2.65. The number of amides is 1. The Hall–Kier alpha value is -3.34. The summed E-state index contributed by atoms with van der Waals surface area (Å²) in [6.45, 7) is 2.32. The lowest BCUT2D eigenvalue weighted by Gasteiger charge is -2.07. The van der Waals surface area contributed by atoms with Crippen LogP contribution in [0.15, 0.2) is 65.5 Å². The van der Waals surface area contributed by atoms with Gasteiger partial charge in [0.1, 0.15) is 11.3 Å². The molecular formula is C21H20N2O3. The van der Waals surface area contributed by atoms with Crippen molar-refractivity contribution in [1.29, 1.82) is 0 Å². The third-order valence-electron chi connectivity index (χ3n) is 4.10. The fraction of sp³-hybridized carbons (Fsp3) is 0.143. The van der Waals surface area contributed by atoms with Crippen LogP contribution >= 0.6 is 0 Å². The normalized spacial score (nSPS) is 10.4. The smallest absolute Gasteiger partial charge is 0.261 e. The standard InChI is InChI=1S/C21H20N2O3/c1-14-4-3-5-16(12-14)19-11-10-18(21(25)23-19)20(24)22-13-15-6-8-17(26-2)9-7-15/h3-12H,13H2,1-2H3,(H,22,24)(H,23,25). The molecule has 1 amide bonds. The van der Waals surface area contributed by atoms with E-state index in [1.807, 2.05) is 55.5 Å². The Morgan fingerprint density at radius 2 is 1.85 bits per heavy atom. The predicted molar refractivity (Wildman–Crippen MR) is 101 cm³/mol. The molecule has 0 aliphatic carbocycles. The molecule has 5 nitrogen and oxygen atoms in total. The molecule has 1 heterocycles. The van der Waals surface area contributed by atoms with Crippen LogP contribution in [0.5, 0.6) is 5.75 Å². The van der Waals surface area contributed by atoms with Crippen LogP contribution < -0.4 is 15.6 Å². The SMILES string of the molecule is COc1ccc(CNC(=O)c2ccc(-c3cccc(C)c3)[nH]c2=O)cc1. The van der Waals surface area contributed by atoms with E-state index in [9.17, 15) is 9.59 Å². The van der Waals surface area contributed by atoms with Gasteiger partial charge in [0.2, 0.25) is 0 Å². The van der Waals surface area contributed by atoms with Crippen LogP contribution in [0.2, 0.25) is 0 Å². The Labute approximate surface area is 151 Å². The summed E-state index contributed by atoms with van der Waals surface area (Å²) in [5.74, 6) is 0.348. The molecule has 0 spiro atoms. The Morgan fingerprint density at radius 3 is 2.50 bits per heavy atom. The van der Waals surface area contributed by atoms with Gasteiger partial charge >= 0.3 is 0 Å². The maximum absolute atomic E-state index is 12.3. The van der Waals surface area contributed by atoms with Gasteiger partial charge in [-0.2, -0.15) is 0 Å². The highest BCUT2D eigenvalue weighted by molar-refractivity contribution is 5.94. The molecular weight excluding hydrogens is 328 g/mol. The molecule has 0 saturated carbocycles. The molecule has 0 aliphatic heterocycles. The highest BCUT2D eigenvalue weighted by atomic mass is 16.5. The molecule has 2 N–H and O–H groups in total. The van der Waals surface area contributed by atoms with Gasteiger partial charge in [-0.25, -0.2) is 0 Å². The molecule has 0 saturated heterocycles. The number of aromatic nitrogens is 1. The number of methoxy groups -OCH3 is 1. The van der Waals surface area contributed by atoms with Crippen molar-refractivity contribution in [1.82, 2.24) is 10.3 Å². The van der Waals surface area contributed by atoms with Crippen molar-refractivity contribution >= 4 is 5.91 Å². The maximum atomic E-state index is 12.3. The van der Waals surface area contributed by atoms with Gasteiger partial charge in [-0.1, -0.05) is 35.9 Å². The van der Waals surface area contributed by atoms with E-state index in [1.165, 1.54) is 0 Å². The number of pyridine rings is 1. The van der Waals surface area contributed by atoms with Gasteiger partial charge in [-0.15, -0.1) is 0 Å². The molecule has 0 bridgehead atoms. The topological polar surface area (TPSA) is 71.2 Å². The second-order valence-electron chi connectivity index (χ2n) is 6.02. The van der Waals surface area contributed by atoms with Gasteiger partial charge in [-0.3, -0.25) is 9.59 Å². The summed E-state index contributed by atoms with van der Waals surface area (Å²) >= 11 is 0. The number of benzene rings is 2. The average Bonchev–Trinajstić information content (AvgIpc) is 2.66. The molecule has 2 aromatic carbocycles. The lowest BCUT2D eigenvalue weighted by Crippen LogP contribution is -2.29. The van der Waals surface area contributed by atoms with Crippen LogP contribution in [-0.4, -0.2) is 18.0 Å². The van der Waals surface area contributed by atoms with Gasteiger partial charge in [0.25, 0.3) is 11.5 Å². The Balaban J connectivity index is 1.72. The molecule has 5 heteroatoms. The summed E-state index contributed by atoms with van der Waals surface area (Å²) in [5, 5.41) is 2.76. The largest absolute Gasteiger partial charge is 0.497 e. The summed E-state index contributed by atoms with van der Waals surface area (Å²) in [6.07, 6.45) is 0. The molecule has 0 unspecified atom stereocenters. The number of carbonyl (C=O) groups excluding carboxylic acids is 1. The molecule has 132 valence electrons. The van der Waals surface area contributed by atoms with E-state index >= 15 is 0 Å². The molecule has 0 aliphatic rings. The minimum Gasteiger partial charge on any atom is -0.497 e. The first kappa shape index (κ1) is 17.5. The Morgan fingerprint density at radius 1 is 1.08 bits per heavy atom. The summed E-state index contributed by atoms with van der Waals surface area (Å²) in [5.41, 5.74) is 3.31.